The zero-order valence-corrected chi connectivity index (χ0v) is 17.6. The van der Waals surface area contributed by atoms with Crippen molar-refractivity contribution >= 4 is 10.0 Å². The van der Waals surface area contributed by atoms with Crippen molar-refractivity contribution in [3.63, 3.8) is 0 Å². The van der Waals surface area contributed by atoms with E-state index in [9.17, 15) is 8.42 Å². The molecule has 1 aliphatic heterocycles. The molecule has 2 saturated carbocycles. The van der Waals surface area contributed by atoms with Crippen LogP contribution in [0.4, 0.5) is 0 Å². The number of hydrogen-bond acceptors (Lipinski definition) is 3. The molecule has 1 saturated heterocycles. The first kappa shape index (κ1) is 18.5. The predicted octanol–water partition coefficient (Wildman–Crippen LogP) is 4.01. The number of nitrogens with zero attached hydrogens (tertiary/aromatic N) is 1. The van der Waals surface area contributed by atoms with E-state index in [1.807, 2.05) is 30.3 Å². The molecule has 144 valence electrons. The second-order valence-corrected chi connectivity index (χ2v) is 12.0. The van der Waals surface area contributed by atoms with Crippen LogP contribution in [-0.4, -0.2) is 32.4 Å². The van der Waals surface area contributed by atoms with E-state index in [2.05, 4.69) is 20.8 Å². The van der Waals surface area contributed by atoms with Gasteiger partial charge in [-0.05, 0) is 67.1 Å². The van der Waals surface area contributed by atoms with Crippen molar-refractivity contribution in [2.45, 2.75) is 64.0 Å². The molecule has 1 aromatic carbocycles. The van der Waals surface area contributed by atoms with Gasteiger partial charge in [0.25, 0.3) is 0 Å². The quantitative estimate of drug-likeness (QED) is 0.796. The van der Waals surface area contributed by atoms with Crippen LogP contribution >= 0.6 is 0 Å². The van der Waals surface area contributed by atoms with Gasteiger partial charge >= 0.3 is 0 Å². The summed E-state index contributed by atoms with van der Waals surface area (Å²) in [7, 11) is -1.78. The second-order valence-electron chi connectivity index (χ2n) is 10.1. The molecule has 2 aliphatic carbocycles. The molecule has 4 unspecified atom stereocenters. The van der Waals surface area contributed by atoms with Gasteiger partial charge in [-0.25, -0.2) is 8.42 Å². The zero-order valence-electron chi connectivity index (χ0n) is 16.7. The van der Waals surface area contributed by atoms with Crippen LogP contribution in [0.25, 0.3) is 0 Å². The molecule has 0 amide bonds. The number of hydrogen-bond donors (Lipinski definition) is 0. The lowest BCUT2D eigenvalue weighted by Crippen LogP contribution is -2.47. The van der Waals surface area contributed by atoms with E-state index < -0.39 is 15.6 Å². The molecule has 0 spiro atoms. The van der Waals surface area contributed by atoms with Crippen LogP contribution in [0.15, 0.2) is 29.2 Å². The highest BCUT2D eigenvalue weighted by atomic mass is 32.2. The van der Waals surface area contributed by atoms with Crippen molar-refractivity contribution in [2.24, 2.45) is 22.7 Å². The van der Waals surface area contributed by atoms with E-state index in [0.29, 0.717) is 28.7 Å². The third-order valence-corrected chi connectivity index (χ3v) is 9.29. The molecular formula is C21H31NO3S. The molecule has 0 N–H and O–H groups in total. The lowest BCUT2D eigenvalue weighted by Gasteiger charge is -2.43. The van der Waals surface area contributed by atoms with Crippen molar-refractivity contribution < 1.29 is 13.2 Å². The fraction of sp³-hybridized carbons (Fsp3) is 0.714. The van der Waals surface area contributed by atoms with Crippen molar-refractivity contribution in [3.8, 4) is 0 Å². The Labute approximate surface area is 158 Å². The summed E-state index contributed by atoms with van der Waals surface area (Å²) in [4.78, 5) is 0.402. The van der Waals surface area contributed by atoms with E-state index >= 15 is 0 Å². The van der Waals surface area contributed by atoms with E-state index in [1.165, 1.54) is 6.42 Å². The molecule has 4 nitrogen and oxygen atoms in total. The van der Waals surface area contributed by atoms with Crippen molar-refractivity contribution in [1.29, 1.82) is 0 Å². The van der Waals surface area contributed by atoms with E-state index in [0.717, 1.165) is 12.0 Å². The van der Waals surface area contributed by atoms with Gasteiger partial charge in [0.05, 0.1) is 10.5 Å². The van der Waals surface area contributed by atoms with Gasteiger partial charge in [-0.1, -0.05) is 32.9 Å². The normalized spacial score (nSPS) is 36.0. The third-order valence-electron chi connectivity index (χ3n) is 7.38. The number of rotatable bonds is 4. The Morgan fingerprint density at radius 3 is 2.35 bits per heavy atom. The van der Waals surface area contributed by atoms with Crippen molar-refractivity contribution in [1.82, 2.24) is 4.31 Å². The Morgan fingerprint density at radius 1 is 1.15 bits per heavy atom. The first-order valence-corrected chi connectivity index (χ1v) is 11.0. The monoisotopic (exact) mass is 377 g/mol. The molecule has 4 rings (SSSR count). The maximum atomic E-state index is 13.3. The lowest BCUT2D eigenvalue weighted by atomic mass is 9.70. The number of sulfonamides is 1. The van der Waals surface area contributed by atoms with Gasteiger partial charge in [0.1, 0.15) is 0 Å². The number of piperidine rings is 1. The smallest absolute Gasteiger partial charge is 0.243 e. The SMILES string of the molecule is COC(C)(C)c1ccc(S(=O)(=O)N2CC3C4C2CC(C)(C)CC34C)cc1. The molecule has 0 bridgehead atoms. The predicted molar refractivity (Wildman–Crippen MR) is 102 cm³/mol. The Hall–Kier alpha value is -0.910. The van der Waals surface area contributed by atoms with Crippen LogP contribution < -0.4 is 0 Å². The van der Waals surface area contributed by atoms with Crippen molar-refractivity contribution in [2.75, 3.05) is 13.7 Å². The number of fused-ring (bicyclic) bond motifs is 1. The van der Waals surface area contributed by atoms with E-state index in [-0.39, 0.29) is 11.5 Å². The minimum Gasteiger partial charge on any atom is -0.374 e. The fourth-order valence-electron chi connectivity index (χ4n) is 5.94. The summed E-state index contributed by atoms with van der Waals surface area (Å²) in [6.45, 7) is 11.6. The molecule has 26 heavy (non-hydrogen) atoms. The summed E-state index contributed by atoms with van der Waals surface area (Å²) >= 11 is 0. The van der Waals surface area contributed by atoms with E-state index in [4.69, 9.17) is 4.74 Å². The van der Waals surface area contributed by atoms with Gasteiger partial charge in [-0.2, -0.15) is 4.31 Å². The maximum Gasteiger partial charge on any atom is 0.243 e. The van der Waals surface area contributed by atoms with Gasteiger partial charge in [0, 0.05) is 19.7 Å². The molecular weight excluding hydrogens is 346 g/mol. The maximum absolute atomic E-state index is 13.3. The first-order valence-electron chi connectivity index (χ1n) is 9.60. The fourth-order valence-corrected chi connectivity index (χ4v) is 7.61. The Kier molecular flexibility index (Phi) is 3.78. The average Bonchev–Trinajstić information content (AvgIpc) is 2.91. The van der Waals surface area contributed by atoms with Gasteiger partial charge in [-0.15, -0.1) is 0 Å². The molecule has 5 heteroatoms. The molecule has 1 heterocycles. The minimum absolute atomic E-state index is 0.161. The average molecular weight is 378 g/mol. The largest absolute Gasteiger partial charge is 0.374 e. The number of ether oxygens (including phenoxy) is 1. The molecule has 3 fully saturated rings. The summed E-state index contributed by atoms with van der Waals surface area (Å²) in [6, 6.07) is 7.39. The molecule has 3 aliphatic rings. The molecule has 0 aromatic heterocycles. The summed E-state index contributed by atoms with van der Waals surface area (Å²) in [6.07, 6.45) is 2.19. The lowest BCUT2D eigenvalue weighted by molar-refractivity contribution is 0.0192. The second kappa shape index (κ2) is 5.33. The van der Waals surface area contributed by atoms with Crippen LogP contribution in [0.1, 0.15) is 53.0 Å². The Balaban J connectivity index is 1.62. The minimum atomic E-state index is -3.45. The van der Waals surface area contributed by atoms with Crippen molar-refractivity contribution in [3.05, 3.63) is 29.8 Å². The number of benzene rings is 1. The van der Waals surface area contributed by atoms with Gasteiger partial charge in [0.15, 0.2) is 0 Å². The van der Waals surface area contributed by atoms with Crippen LogP contribution in [0.2, 0.25) is 0 Å². The first-order chi connectivity index (χ1) is 11.9. The Morgan fingerprint density at radius 2 is 1.77 bits per heavy atom. The van der Waals surface area contributed by atoms with Gasteiger partial charge in [-0.3, -0.25) is 0 Å². The summed E-state index contributed by atoms with van der Waals surface area (Å²) < 4.78 is 34.0. The molecule has 0 radical (unpaired) electrons. The summed E-state index contributed by atoms with van der Waals surface area (Å²) in [5.74, 6) is 1.09. The zero-order chi connectivity index (χ0) is 19.1. The third kappa shape index (κ3) is 2.50. The highest BCUT2D eigenvalue weighted by molar-refractivity contribution is 7.89. The Bertz CT molecular complexity index is 827. The summed E-state index contributed by atoms with van der Waals surface area (Å²) in [5, 5.41) is 0. The summed E-state index contributed by atoms with van der Waals surface area (Å²) in [5.41, 5.74) is 1.12. The van der Waals surface area contributed by atoms with E-state index in [1.54, 1.807) is 19.2 Å². The highest BCUT2D eigenvalue weighted by Crippen LogP contribution is 2.73. The highest BCUT2D eigenvalue weighted by Gasteiger charge is 2.74. The van der Waals surface area contributed by atoms with Gasteiger partial charge < -0.3 is 4.74 Å². The van der Waals surface area contributed by atoms with Gasteiger partial charge in [0.2, 0.25) is 10.0 Å². The molecule has 1 aromatic rings. The van der Waals surface area contributed by atoms with Crippen LogP contribution in [0, 0.1) is 22.7 Å². The number of methoxy groups -OCH3 is 1. The topological polar surface area (TPSA) is 46.6 Å². The van der Waals surface area contributed by atoms with Crippen LogP contribution in [-0.2, 0) is 20.4 Å². The molecule has 4 atom stereocenters. The van der Waals surface area contributed by atoms with Crippen LogP contribution in [0.5, 0.6) is 0 Å². The standard InChI is InChI=1S/C21H31NO3S/c1-19(2)11-17-18-16(21(18,5)13-19)12-22(17)26(23,24)15-9-7-14(8-10-15)20(3,4)25-6/h7-10,16-18H,11-13H2,1-6H3. The van der Waals surface area contributed by atoms with Crippen LogP contribution in [0.3, 0.4) is 0 Å².